The molecule has 258 valence electrons. The van der Waals surface area contributed by atoms with E-state index in [-0.39, 0.29) is 28.7 Å². The van der Waals surface area contributed by atoms with Crippen LogP contribution in [0.4, 0.5) is 5.95 Å². The minimum Gasteiger partial charge on any atom is -0.387 e. The third kappa shape index (κ3) is 6.87. The molecule has 6 heterocycles. The molecule has 1 amide bonds. The molecule has 2 aromatic rings. The van der Waals surface area contributed by atoms with Gasteiger partial charge >= 0.3 is 15.6 Å². The van der Waals surface area contributed by atoms with Crippen LogP contribution in [0.3, 0.4) is 0 Å². The molecule has 0 aliphatic carbocycles. The van der Waals surface area contributed by atoms with Crippen molar-refractivity contribution in [3.8, 4) is 0 Å². The lowest BCUT2D eigenvalue weighted by atomic mass is 9.99. The van der Waals surface area contributed by atoms with E-state index < -0.39 is 100 Å². The van der Waals surface area contributed by atoms with Crippen LogP contribution in [0.5, 0.6) is 0 Å². The van der Waals surface area contributed by atoms with Crippen LogP contribution in [0.15, 0.2) is 21.1 Å². The van der Waals surface area contributed by atoms with Gasteiger partial charge in [-0.05, 0) is 0 Å². The third-order valence-electron chi connectivity index (χ3n) is 7.33. The summed E-state index contributed by atoms with van der Waals surface area (Å²) in [6, 6.07) is -0.731. The average molecular weight is 743 g/mol. The van der Waals surface area contributed by atoms with E-state index in [1.807, 2.05) is 0 Å². The summed E-state index contributed by atoms with van der Waals surface area (Å²) >= 11 is 8.95. The molecule has 0 bridgehead atoms. The van der Waals surface area contributed by atoms with Crippen LogP contribution in [0.2, 0.25) is 0 Å². The average Bonchev–Trinajstić information content (AvgIpc) is 3.52. The SMILES string of the molecule is Nc1nc2c(ncn2[C@@H]2O[C@H](COP(=O)(O)OP(=O)(O)OC[C@H]3O[C@H]4NC5=NC(N)NC(=O)C5=N[C@H]4[C@H](S)[C@@H]3S)[C@@H](O)[C@H]2O)c(=O)[nH]1. The quantitative estimate of drug-likeness (QED) is 0.0863. The van der Waals surface area contributed by atoms with Crippen molar-refractivity contribution in [1.82, 2.24) is 30.2 Å². The second kappa shape index (κ2) is 12.8. The van der Waals surface area contributed by atoms with Crippen molar-refractivity contribution < 1.29 is 56.8 Å². The minimum absolute atomic E-state index is 0.00706. The van der Waals surface area contributed by atoms with Gasteiger partial charge in [-0.3, -0.25) is 38.9 Å². The van der Waals surface area contributed by atoms with Crippen molar-refractivity contribution in [3.63, 3.8) is 0 Å². The number of phosphoric acid groups is 2. The van der Waals surface area contributed by atoms with Crippen LogP contribution >= 0.6 is 40.9 Å². The van der Waals surface area contributed by atoms with Crippen molar-refractivity contribution >= 4 is 75.5 Å². The summed E-state index contributed by atoms with van der Waals surface area (Å²) < 4.78 is 51.7. The smallest absolute Gasteiger partial charge is 0.387 e. The number of nitrogens with two attached hydrogens (primary N) is 2. The van der Waals surface area contributed by atoms with E-state index in [0.29, 0.717) is 0 Å². The molecule has 2 aromatic heterocycles. The number of aromatic nitrogens is 4. The second-order valence-corrected chi connectivity index (χ2v) is 14.8. The molecule has 0 spiro atoms. The Labute approximate surface area is 273 Å². The first-order chi connectivity index (χ1) is 22.0. The van der Waals surface area contributed by atoms with E-state index in [9.17, 15) is 38.7 Å². The number of phosphoric ester groups is 2. The predicted octanol–water partition coefficient (Wildman–Crippen LogP) is -3.92. The second-order valence-electron chi connectivity index (χ2n) is 10.5. The molecule has 27 heteroatoms. The number of thiol groups is 2. The number of rotatable bonds is 9. The highest BCUT2D eigenvalue weighted by molar-refractivity contribution is 7.85. The molecule has 2 fully saturated rings. The van der Waals surface area contributed by atoms with Crippen molar-refractivity contribution in [2.45, 2.75) is 59.7 Å². The summed E-state index contributed by atoms with van der Waals surface area (Å²) in [6.45, 7) is -1.61. The number of amidine groups is 1. The van der Waals surface area contributed by atoms with Gasteiger partial charge in [-0.2, -0.15) is 34.6 Å². The van der Waals surface area contributed by atoms with Gasteiger partial charge in [0.1, 0.15) is 24.4 Å². The number of nitrogens with one attached hydrogen (secondary N) is 3. The van der Waals surface area contributed by atoms with Gasteiger partial charge < -0.3 is 45.8 Å². The maximum Gasteiger partial charge on any atom is 0.481 e. The van der Waals surface area contributed by atoms with Crippen LogP contribution in [-0.2, 0) is 36.8 Å². The number of anilines is 1. The number of aromatic amines is 1. The number of aliphatic imine (C=N–C) groups is 2. The van der Waals surface area contributed by atoms with Gasteiger partial charge in [-0.15, -0.1) is 0 Å². The van der Waals surface area contributed by atoms with E-state index in [1.54, 1.807) is 0 Å². The minimum atomic E-state index is -5.37. The van der Waals surface area contributed by atoms with Crippen LogP contribution in [-0.4, -0.2) is 124 Å². The molecule has 2 saturated heterocycles. The number of imidazole rings is 1. The van der Waals surface area contributed by atoms with Crippen molar-refractivity contribution in [2.75, 3.05) is 18.9 Å². The van der Waals surface area contributed by atoms with Gasteiger partial charge in [0.25, 0.3) is 11.5 Å². The summed E-state index contributed by atoms with van der Waals surface area (Å²) in [4.78, 5) is 63.1. The number of hydrogen-bond acceptors (Lipinski definition) is 20. The van der Waals surface area contributed by atoms with Crippen molar-refractivity contribution in [3.05, 3.63) is 16.7 Å². The fourth-order valence-electron chi connectivity index (χ4n) is 5.14. The number of aliphatic hydroxyl groups is 2. The number of H-pyrrole nitrogens is 1. The Bertz CT molecular complexity index is 1790. The largest absolute Gasteiger partial charge is 0.481 e. The monoisotopic (exact) mass is 742 g/mol. The lowest BCUT2D eigenvalue weighted by molar-refractivity contribution is -0.115. The molecule has 4 aliphatic rings. The molecule has 47 heavy (non-hydrogen) atoms. The molecular formula is C20H28N10O13P2S2. The molecule has 0 aromatic carbocycles. The Morgan fingerprint density at radius 2 is 1.68 bits per heavy atom. The standard InChI is InChI=1S/C20H28N10O13P2S2/c21-19-26-13-7(15(33)28-19)24-6-12(47)11(46)5(41-17(6)25-13)2-40-45(37,38)43-44(35,36)39-1-4-9(31)10(32)18(42-4)30-3-23-8-14(30)27-20(22)29-16(8)34/h3-6,9-12,17-19,31-32,46-47H,1-2,21H2,(H,25,26)(H,28,33)(H,35,36)(H,37,38)(H3,22,27,29,34)/t4-,5-,6+,9-,10-,11-,12+,17-,18-,19?/m1/s1. The zero-order chi connectivity index (χ0) is 34.0. The van der Waals surface area contributed by atoms with Crippen LogP contribution in [0, 0.1) is 0 Å². The normalized spacial score (nSPS) is 36.3. The van der Waals surface area contributed by atoms with Gasteiger partial charge in [0.15, 0.2) is 41.5 Å². The number of fused-ring (bicyclic) bond motifs is 3. The zero-order valence-corrected chi connectivity index (χ0v) is 27.0. The molecule has 0 saturated carbocycles. The molecule has 12 atom stereocenters. The maximum atomic E-state index is 12.6. The Balaban J connectivity index is 1.05. The summed E-state index contributed by atoms with van der Waals surface area (Å²) in [5.41, 5.74) is 10.3. The van der Waals surface area contributed by atoms with E-state index in [0.717, 1.165) is 10.9 Å². The zero-order valence-electron chi connectivity index (χ0n) is 23.4. The first-order valence-corrected chi connectivity index (χ1v) is 17.5. The summed E-state index contributed by atoms with van der Waals surface area (Å²) in [6.07, 6.45) is -8.13. The van der Waals surface area contributed by atoms with Gasteiger partial charge in [-0.1, -0.05) is 0 Å². The van der Waals surface area contributed by atoms with Crippen molar-refractivity contribution in [1.29, 1.82) is 0 Å². The number of hydrogen-bond donors (Lipinski definition) is 11. The fourth-order valence-corrected chi connectivity index (χ4v) is 7.98. The third-order valence-corrected chi connectivity index (χ3v) is 11.4. The van der Waals surface area contributed by atoms with Crippen molar-refractivity contribution in [2.24, 2.45) is 15.7 Å². The highest BCUT2D eigenvalue weighted by Crippen LogP contribution is 2.60. The Kier molecular flexibility index (Phi) is 9.34. The summed E-state index contributed by atoms with van der Waals surface area (Å²) in [5, 5.41) is 24.8. The molecule has 0 radical (unpaired) electrons. The topological polar surface area (TPSA) is 343 Å². The Morgan fingerprint density at radius 3 is 2.38 bits per heavy atom. The first kappa shape index (κ1) is 34.4. The number of ether oxygens (including phenoxy) is 2. The lowest BCUT2D eigenvalue weighted by Gasteiger charge is -2.45. The number of amides is 1. The van der Waals surface area contributed by atoms with Crippen LogP contribution < -0.4 is 27.7 Å². The van der Waals surface area contributed by atoms with Gasteiger partial charge in [-0.25, -0.2) is 19.1 Å². The molecular weight excluding hydrogens is 714 g/mol. The molecule has 3 unspecified atom stereocenters. The van der Waals surface area contributed by atoms with E-state index in [2.05, 4.69) is 65.1 Å². The number of aliphatic hydroxyl groups excluding tert-OH is 2. The summed E-state index contributed by atoms with van der Waals surface area (Å²) in [7, 11) is -10.7. The fraction of sp³-hybridized carbons (Fsp3) is 0.600. The number of carbonyl (C=O) groups is 1. The molecule has 4 aliphatic heterocycles. The predicted molar refractivity (Wildman–Crippen MR) is 163 cm³/mol. The lowest BCUT2D eigenvalue weighted by Crippen LogP contribution is -2.66. The van der Waals surface area contributed by atoms with E-state index >= 15 is 0 Å². The number of carbonyl (C=O) groups excluding carboxylic acids is 1. The van der Waals surface area contributed by atoms with Gasteiger partial charge in [0, 0.05) is 10.5 Å². The first-order valence-electron chi connectivity index (χ1n) is 13.4. The Morgan fingerprint density at radius 1 is 1.00 bits per heavy atom. The van der Waals surface area contributed by atoms with Crippen LogP contribution in [0.25, 0.3) is 11.2 Å². The number of nitrogens with zero attached hydrogens (tertiary/aromatic N) is 5. The maximum absolute atomic E-state index is 12.6. The molecule has 11 N–H and O–H groups in total. The summed E-state index contributed by atoms with van der Waals surface area (Å²) in [5.74, 6) is -0.740. The molecule has 6 rings (SSSR count). The van der Waals surface area contributed by atoms with E-state index in [4.69, 9.17) is 30.0 Å². The van der Waals surface area contributed by atoms with Gasteiger partial charge in [0.05, 0.1) is 25.6 Å². The highest BCUT2D eigenvalue weighted by atomic mass is 32.1. The highest BCUT2D eigenvalue weighted by Gasteiger charge is 2.49. The number of nitrogen functional groups attached to an aromatic ring is 1. The van der Waals surface area contributed by atoms with E-state index in [1.165, 1.54) is 0 Å². The van der Waals surface area contributed by atoms with Crippen LogP contribution in [0.1, 0.15) is 6.23 Å². The van der Waals surface area contributed by atoms with Gasteiger partial charge in [0.2, 0.25) is 5.95 Å². The Hall–Kier alpha value is -2.48. The molecule has 23 nitrogen and oxygen atoms in total.